The highest BCUT2D eigenvalue weighted by Gasteiger charge is 2.26. The number of nitrogen functional groups attached to an aromatic ring is 1. The van der Waals surface area contributed by atoms with Crippen molar-refractivity contribution in [3.8, 4) is 0 Å². The number of carbonyl (C=O) groups is 1. The molecule has 0 aliphatic carbocycles. The van der Waals surface area contributed by atoms with Gasteiger partial charge in [-0.25, -0.2) is 0 Å². The van der Waals surface area contributed by atoms with Crippen LogP contribution in [0.15, 0.2) is 36.4 Å². The summed E-state index contributed by atoms with van der Waals surface area (Å²) in [6, 6.07) is 11.7. The third-order valence-corrected chi connectivity index (χ3v) is 3.87. The van der Waals surface area contributed by atoms with Gasteiger partial charge in [-0.15, -0.1) is 0 Å². The summed E-state index contributed by atoms with van der Waals surface area (Å²) in [7, 11) is 0. The molecule has 2 N–H and O–H groups in total. The monoisotopic (exact) mass is 266 g/mol. The zero-order chi connectivity index (χ0) is 14.3. The van der Waals surface area contributed by atoms with Gasteiger partial charge in [0.2, 0.25) is 0 Å². The van der Waals surface area contributed by atoms with Crippen molar-refractivity contribution in [3.63, 3.8) is 0 Å². The molecule has 0 aromatic heterocycles. The number of fused-ring (bicyclic) bond motifs is 1. The zero-order valence-electron chi connectivity index (χ0n) is 11.8. The van der Waals surface area contributed by atoms with Crippen LogP contribution in [0.1, 0.15) is 27.0 Å². The molecule has 3 nitrogen and oxygen atoms in total. The molecule has 3 rings (SSSR count). The average molecular weight is 266 g/mol. The fraction of sp³-hybridized carbons (Fsp3) is 0.235. The first-order valence-electron chi connectivity index (χ1n) is 6.84. The molecule has 1 aliphatic rings. The summed E-state index contributed by atoms with van der Waals surface area (Å²) in [6.07, 6.45) is 0.897. The first kappa shape index (κ1) is 12.7. The Balaban J connectivity index is 1.99. The lowest BCUT2D eigenvalue weighted by atomic mass is 10.1. The Bertz CT molecular complexity index is 691. The van der Waals surface area contributed by atoms with Gasteiger partial charge in [-0.1, -0.05) is 23.8 Å². The number of rotatable bonds is 1. The second kappa shape index (κ2) is 4.67. The first-order chi connectivity index (χ1) is 9.56. The van der Waals surface area contributed by atoms with Crippen LogP contribution in [0.4, 0.5) is 11.4 Å². The molecule has 2 aromatic rings. The van der Waals surface area contributed by atoms with E-state index in [2.05, 4.69) is 6.07 Å². The standard InChI is InChI=1S/C17H18N2O/c1-11-4-3-5-14(8-11)17(20)19-7-6-13-9-12(2)15(18)10-16(13)19/h3-5,8-10H,6-7,18H2,1-2H3. The molecule has 0 unspecified atom stereocenters. The smallest absolute Gasteiger partial charge is 0.258 e. The minimum absolute atomic E-state index is 0.0516. The molecule has 1 amide bonds. The summed E-state index contributed by atoms with van der Waals surface area (Å²) in [5.74, 6) is 0.0516. The van der Waals surface area contributed by atoms with Gasteiger partial charge in [0.25, 0.3) is 5.91 Å². The van der Waals surface area contributed by atoms with E-state index in [0.29, 0.717) is 0 Å². The predicted octanol–water partition coefficient (Wildman–Crippen LogP) is 3.09. The van der Waals surface area contributed by atoms with Gasteiger partial charge < -0.3 is 10.6 Å². The van der Waals surface area contributed by atoms with E-state index in [0.717, 1.165) is 41.0 Å². The van der Waals surface area contributed by atoms with Crippen molar-refractivity contribution in [2.24, 2.45) is 0 Å². The molecule has 1 heterocycles. The summed E-state index contributed by atoms with van der Waals surface area (Å²) in [6.45, 7) is 4.72. The summed E-state index contributed by atoms with van der Waals surface area (Å²) in [5, 5.41) is 0. The quantitative estimate of drug-likeness (QED) is 0.806. The molecule has 2 aromatic carbocycles. The minimum Gasteiger partial charge on any atom is -0.398 e. The highest BCUT2D eigenvalue weighted by atomic mass is 16.2. The van der Waals surface area contributed by atoms with Gasteiger partial charge in [-0.05, 0) is 49.6 Å². The van der Waals surface area contributed by atoms with Crippen molar-refractivity contribution in [2.75, 3.05) is 17.2 Å². The second-order valence-corrected chi connectivity index (χ2v) is 5.41. The third-order valence-electron chi connectivity index (χ3n) is 3.87. The topological polar surface area (TPSA) is 46.3 Å². The van der Waals surface area contributed by atoms with Crippen molar-refractivity contribution in [2.45, 2.75) is 20.3 Å². The van der Waals surface area contributed by atoms with Crippen molar-refractivity contribution in [1.82, 2.24) is 0 Å². The Morgan fingerprint density at radius 3 is 2.75 bits per heavy atom. The van der Waals surface area contributed by atoms with E-state index in [1.165, 1.54) is 5.56 Å². The molecule has 0 atom stereocenters. The maximum Gasteiger partial charge on any atom is 0.258 e. The largest absolute Gasteiger partial charge is 0.398 e. The molecule has 20 heavy (non-hydrogen) atoms. The van der Waals surface area contributed by atoms with E-state index in [1.807, 2.05) is 49.1 Å². The van der Waals surface area contributed by atoms with Crippen molar-refractivity contribution < 1.29 is 4.79 Å². The Kier molecular flexibility index (Phi) is 2.97. The van der Waals surface area contributed by atoms with Gasteiger partial charge >= 0.3 is 0 Å². The number of anilines is 2. The van der Waals surface area contributed by atoms with Crippen LogP contribution in [0.2, 0.25) is 0 Å². The molecule has 102 valence electrons. The highest BCUT2D eigenvalue weighted by Crippen LogP contribution is 2.33. The first-order valence-corrected chi connectivity index (χ1v) is 6.84. The Labute approximate surface area is 119 Å². The number of nitrogens with two attached hydrogens (primary N) is 1. The summed E-state index contributed by atoms with van der Waals surface area (Å²) < 4.78 is 0. The van der Waals surface area contributed by atoms with Gasteiger partial charge in [0.05, 0.1) is 0 Å². The van der Waals surface area contributed by atoms with Gasteiger partial charge in [0.15, 0.2) is 0 Å². The van der Waals surface area contributed by atoms with E-state index in [-0.39, 0.29) is 5.91 Å². The van der Waals surface area contributed by atoms with E-state index < -0.39 is 0 Å². The highest BCUT2D eigenvalue weighted by molar-refractivity contribution is 6.07. The van der Waals surface area contributed by atoms with Crippen LogP contribution in [0.5, 0.6) is 0 Å². The molecule has 0 spiro atoms. The molecule has 0 fully saturated rings. The van der Waals surface area contributed by atoms with Crippen LogP contribution in [-0.4, -0.2) is 12.5 Å². The zero-order valence-corrected chi connectivity index (χ0v) is 11.8. The number of carbonyl (C=O) groups excluding carboxylic acids is 1. The van der Waals surface area contributed by atoms with Crippen LogP contribution < -0.4 is 10.6 Å². The summed E-state index contributed by atoms with van der Waals surface area (Å²) >= 11 is 0. The maximum absolute atomic E-state index is 12.6. The van der Waals surface area contributed by atoms with Crippen LogP contribution >= 0.6 is 0 Å². The summed E-state index contributed by atoms with van der Waals surface area (Å²) in [5.41, 5.74) is 11.8. The molecule has 0 radical (unpaired) electrons. The van der Waals surface area contributed by atoms with E-state index in [1.54, 1.807) is 0 Å². The molecule has 0 saturated carbocycles. The number of aryl methyl sites for hydroxylation is 2. The van der Waals surface area contributed by atoms with E-state index >= 15 is 0 Å². The Morgan fingerprint density at radius 1 is 1.20 bits per heavy atom. The van der Waals surface area contributed by atoms with Crippen molar-refractivity contribution >= 4 is 17.3 Å². The number of hydrogen-bond acceptors (Lipinski definition) is 2. The van der Waals surface area contributed by atoms with Crippen LogP contribution in [0.25, 0.3) is 0 Å². The molecular formula is C17H18N2O. The minimum atomic E-state index is 0.0516. The third kappa shape index (κ3) is 2.05. The molecule has 0 saturated heterocycles. The van der Waals surface area contributed by atoms with Crippen LogP contribution in [-0.2, 0) is 6.42 Å². The number of nitrogens with zero attached hydrogens (tertiary/aromatic N) is 1. The van der Waals surface area contributed by atoms with Gasteiger partial charge in [0, 0.05) is 23.5 Å². The molecule has 0 bridgehead atoms. The number of hydrogen-bond donors (Lipinski definition) is 1. The predicted molar refractivity (Wildman–Crippen MR) is 82.2 cm³/mol. The Hall–Kier alpha value is -2.29. The van der Waals surface area contributed by atoms with Crippen molar-refractivity contribution in [3.05, 3.63) is 58.7 Å². The second-order valence-electron chi connectivity index (χ2n) is 5.41. The number of benzene rings is 2. The SMILES string of the molecule is Cc1cccc(C(=O)N2CCc3cc(C)c(N)cc32)c1. The fourth-order valence-electron chi connectivity index (χ4n) is 2.72. The normalized spacial score (nSPS) is 13.4. The van der Waals surface area contributed by atoms with Gasteiger partial charge in [-0.3, -0.25) is 4.79 Å². The average Bonchev–Trinajstić information content (AvgIpc) is 2.81. The van der Waals surface area contributed by atoms with E-state index in [4.69, 9.17) is 5.73 Å². The lowest BCUT2D eigenvalue weighted by Crippen LogP contribution is -2.28. The van der Waals surface area contributed by atoms with Crippen LogP contribution in [0, 0.1) is 13.8 Å². The fourth-order valence-corrected chi connectivity index (χ4v) is 2.72. The van der Waals surface area contributed by atoms with Gasteiger partial charge in [0.1, 0.15) is 0 Å². The maximum atomic E-state index is 12.6. The molecular weight excluding hydrogens is 248 g/mol. The Morgan fingerprint density at radius 2 is 2.00 bits per heavy atom. The number of amides is 1. The van der Waals surface area contributed by atoms with Gasteiger partial charge in [-0.2, -0.15) is 0 Å². The van der Waals surface area contributed by atoms with E-state index in [9.17, 15) is 4.79 Å². The molecule has 1 aliphatic heterocycles. The van der Waals surface area contributed by atoms with Crippen LogP contribution in [0.3, 0.4) is 0 Å². The molecule has 3 heteroatoms. The lowest BCUT2D eigenvalue weighted by molar-refractivity contribution is 0.0989. The summed E-state index contributed by atoms with van der Waals surface area (Å²) in [4.78, 5) is 14.5. The van der Waals surface area contributed by atoms with Crippen molar-refractivity contribution in [1.29, 1.82) is 0 Å². The lowest BCUT2D eigenvalue weighted by Gasteiger charge is -2.18.